The van der Waals surface area contributed by atoms with Gasteiger partial charge >= 0.3 is 0 Å². The first kappa shape index (κ1) is 17.8. The molecule has 2 aliphatic rings. The Kier molecular flexibility index (Phi) is 5.86. The third-order valence-corrected chi connectivity index (χ3v) is 6.72. The van der Waals surface area contributed by atoms with Gasteiger partial charge in [-0.3, -0.25) is 0 Å². The second-order valence-electron chi connectivity index (χ2n) is 7.92. The molecule has 0 amide bonds. The van der Waals surface area contributed by atoms with Crippen molar-refractivity contribution in [1.82, 2.24) is 4.90 Å². The van der Waals surface area contributed by atoms with E-state index >= 15 is 0 Å². The number of methoxy groups -OCH3 is 1. The molecular formula is C22H35NO. The number of ether oxygens (including phenoxy) is 1. The molecule has 24 heavy (non-hydrogen) atoms. The van der Waals surface area contributed by atoms with Crippen molar-refractivity contribution < 1.29 is 4.74 Å². The molecule has 3 atom stereocenters. The van der Waals surface area contributed by atoms with E-state index in [1.54, 1.807) is 12.7 Å². The Hall–Kier alpha value is -1.02. The Morgan fingerprint density at radius 1 is 1.25 bits per heavy atom. The smallest absolute Gasteiger partial charge is 0.119 e. The molecule has 0 radical (unpaired) electrons. The normalized spacial score (nSPS) is 30.3. The zero-order chi connectivity index (χ0) is 17.0. The van der Waals surface area contributed by atoms with Crippen molar-refractivity contribution in [3.63, 3.8) is 0 Å². The standard InChI is InChI=1S/C22H35NO/c1-4-6-7-12-20-16-22(18-10-8-13-21(15-18)24-3)14-9-11-19(22)17-23(20)5-2/h8,10,13,15,19-20H,4-7,9,11-12,14,16-17H2,1-3H3. The van der Waals surface area contributed by atoms with Crippen LogP contribution < -0.4 is 4.74 Å². The van der Waals surface area contributed by atoms with Crippen LogP contribution in [0.5, 0.6) is 5.75 Å². The molecule has 0 aromatic heterocycles. The summed E-state index contributed by atoms with van der Waals surface area (Å²) in [6.45, 7) is 7.16. The lowest BCUT2D eigenvalue weighted by molar-refractivity contribution is 0.0530. The number of hydrogen-bond acceptors (Lipinski definition) is 2. The Morgan fingerprint density at radius 3 is 2.88 bits per heavy atom. The van der Waals surface area contributed by atoms with E-state index < -0.39 is 0 Å². The third kappa shape index (κ3) is 3.35. The second kappa shape index (κ2) is 7.91. The van der Waals surface area contributed by atoms with Crippen molar-refractivity contribution in [2.24, 2.45) is 5.92 Å². The molecule has 1 saturated carbocycles. The molecule has 0 spiro atoms. The monoisotopic (exact) mass is 329 g/mol. The molecule has 1 aromatic carbocycles. The van der Waals surface area contributed by atoms with Crippen LogP contribution >= 0.6 is 0 Å². The minimum atomic E-state index is 0.400. The quantitative estimate of drug-likeness (QED) is 0.620. The van der Waals surface area contributed by atoms with Crippen LogP contribution in [0.1, 0.15) is 70.8 Å². The average Bonchev–Trinajstić information content (AvgIpc) is 3.05. The molecule has 1 heterocycles. The van der Waals surface area contributed by atoms with Crippen molar-refractivity contribution in [1.29, 1.82) is 0 Å². The van der Waals surface area contributed by atoms with Gasteiger partial charge in [-0.05, 0) is 55.8 Å². The van der Waals surface area contributed by atoms with Crippen molar-refractivity contribution in [2.75, 3.05) is 20.2 Å². The van der Waals surface area contributed by atoms with Gasteiger partial charge in [0.25, 0.3) is 0 Å². The predicted octanol–water partition coefficient (Wildman–Crippen LogP) is 5.41. The SMILES string of the molecule is CCCCCC1CC2(c3cccc(OC)c3)CCCC2CN1CC. The van der Waals surface area contributed by atoms with Gasteiger partial charge in [0, 0.05) is 18.0 Å². The minimum Gasteiger partial charge on any atom is -0.497 e. The van der Waals surface area contributed by atoms with E-state index in [1.165, 1.54) is 64.5 Å². The Balaban J connectivity index is 1.86. The molecule has 3 unspecified atom stereocenters. The number of fused-ring (bicyclic) bond motifs is 1. The Morgan fingerprint density at radius 2 is 2.12 bits per heavy atom. The lowest BCUT2D eigenvalue weighted by atomic mass is 9.65. The third-order valence-electron chi connectivity index (χ3n) is 6.72. The van der Waals surface area contributed by atoms with Crippen LogP contribution in [0.25, 0.3) is 0 Å². The van der Waals surface area contributed by atoms with Crippen LogP contribution in [0.3, 0.4) is 0 Å². The van der Waals surface area contributed by atoms with Crippen molar-refractivity contribution in [3.8, 4) is 5.75 Å². The molecule has 1 aliphatic heterocycles. The van der Waals surface area contributed by atoms with Gasteiger partial charge in [0.15, 0.2) is 0 Å². The van der Waals surface area contributed by atoms with Gasteiger partial charge in [0.05, 0.1) is 7.11 Å². The number of benzene rings is 1. The van der Waals surface area contributed by atoms with Crippen LogP contribution in [-0.4, -0.2) is 31.1 Å². The summed E-state index contributed by atoms with van der Waals surface area (Å²) in [6.07, 6.45) is 11.0. The first-order chi connectivity index (χ1) is 11.7. The molecule has 0 N–H and O–H groups in total. The molecule has 2 heteroatoms. The van der Waals surface area contributed by atoms with Crippen LogP contribution in [-0.2, 0) is 5.41 Å². The molecule has 0 bridgehead atoms. The number of unbranched alkanes of at least 4 members (excludes halogenated alkanes) is 2. The first-order valence-electron chi connectivity index (χ1n) is 10.1. The van der Waals surface area contributed by atoms with Gasteiger partial charge in [-0.2, -0.15) is 0 Å². The van der Waals surface area contributed by atoms with Gasteiger partial charge in [-0.1, -0.05) is 51.7 Å². The van der Waals surface area contributed by atoms with Crippen LogP contribution in [0.2, 0.25) is 0 Å². The summed E-state index contributed by atoms with van der Waals surface area (Å²) in [5, 5.41) is 0. The number of rotatable bonds is 7. The van der Waals surface area contributed by atoms with E-state index in [0.29, 0.717) is 5.41 Å². The van der Waals surface area contributed by atoms with E-state index in [0.717, 1.165) is 17.7 Å². The molecular weight excluding hydrogens is 294 g/mol. The van der Waals surface area contributed by atoms with Crippen molar-refractivity contribution >= 4 is 0 Å². The molecule has 2 fully saturated rings. The fourth-order valence-corrected chi connectivity index (χ4v) is 5.39. The van der Waals surface area contributed by atoms with Gasteiger partial charge in [0.2, 0.25) is 0 Å². The molecule has 134 valence electrons. The van der Waals surface area contributed by atoms with Crippen LogP contribution in [0.4, 0.5) is 0 Å². The maximum absolute atomic E-state index is 5.53. The highest BCUT2D eigenvalue weighted by Gasteiger charge is 2.49. The molecule has 1 aromatic rings. The zero-order valence-corrected chi connectivity index (χ0v) is 15.9. The zero-order valence-electron chi connectivity index (χ0n) is 15.9. The maximum Gasteiger partial charge on any atom is 0.119 e. The number of nitrogens with zero attached hydrogens (tertiary/aromatic N) is 1. The van der Waals surface area contributed by atoms with Crippen molar-refractivity contribution in [2.45, 2.75) is 76.7 Å². The average molecular weight is 330 g/mol. The first-order valence-corrected chi connectivity index (χ1v) is 10.1. The van der Waals surface area contributed by atoms with Gasteiger partial charge in [0.1, 0.15) is 5.75 Å². The molecule has 1 aliphatic carbocycles. The highest BCUT2D eigenvalue weighted by atomic mass is 16.5. The fraction of sp³-hybridized carbons (Fsp3) is 0.727. The molecule has 1 saturated heterocycles. The summed E-state index contributed by atoms with van der Waals surface area (Å²) in [4.78, 5) is 2.78. The minimum absolute atomic E-state index is 0.400. The number of piperidine rings is 1. The topological polar surface area (TPSA) is 12.5 Å². The van der Waals surface area contributed by atoms with E-state index in [4.69, 9.17) is 4.74 Å². The second-order valence-corrected chi connectivity index (χ2v) is 7.92. The van der Waals surface area contributed by atoms with Crippen molar-refractivity contribution in [3.05, 3.63) is 29.8 Å². The largest absolute Gasteiger partial charge is 0.497 e. The lowest BCUT2D eigenvalue weighted by Gasteiger charge is -2.49. The maximum atomic E-state index is 5.53. The Labute approximate surface area is 148 Å². The van der Waals surface area contributed by atoms with Gasteiger partial charge in [-0.25, -0.2) is 0 Å². The summed E-state index contributed by atoms with van der Waals surface area (Å²) in [5.41, 5.74) is 1.94. The number of likely N-dealkylation sites (tertiary alicyclic amines) is 1. The van der Waals surface area contributed by atoms with E-state index in [2.05, 4.69) is 43.0 Å². The van der Waals surface area contributed by atoms with E-state index in [9.17, 15) is 0 Å². The lowest BCUT2D eigenvalue weighted by Crippen LogP contribution is -2.52. The molecule has 3 rings (SSSR count). The number of hydrogen-bond donors (Lipinski definition) is 0. The predicted molar refractivity (Wildman–Crippen MR) is 102 cm³/mol. The Bertz CT molecular complexity index is 528. The summed E-state index contributed by atoms with van der Waals surface area (Å²) < 4.78 is 5.53. The van der Waals surface area contributed by atoms with E-state index in [1.807, 2.05) is 0 Å². The summed E-state index contributed by atoms with van der Waals surface area (Å²) in [6, 6.07) is 9.73. The van der Waals surface area contributed by atoms with Gasteiger partial charge in [-0.15, -0.1) is 0 Å². The highest BCUT2D eigenvalue weighted by molar-refractivity contribution is 5.36. The fourth-order valence-electron chi connectivity index (χ4n) is 5.39. The molecule has 2 nitrogen and oxygen atoms in total. The summed E-state index contributed by atoms with van der Waals surface area (Å²) in [5.74, 6) is 1.85. The van der Waals surface area contributed by atoms with Gasteiger partial charge < -0.3 is 9.64 Å². The van der Waals surface area contributed by atoms with Crippen LogP contribution in [0.15, 0.2) is 24.3 Å². The highest BCUT2D eigenvalue weighted by Crippen LogP contribution is 2.53. The van der Waals surface area contributed by atoms with Crippen LogP contribution in [0, 0.1) is 5.92 Å². The van der Waals surface area contributed by atoms with E-state index in [-0.39, 0.29) is 0 Å². The summed E-state index contributed by atoms with van der Waals surface area (Å²) >= 11 is 0. The summed E-state index contributed by atoms with van der Waals surface area (Å²) in [7, 11) is 1.79.